The van der Waals surface area contributed by atoms with Gasteiger partial charge in [0.05, 0.1) is 4.92 Å². The van der Waals surface area contributed by atoms with Crippen LogP contribution in [0.4, 0.5) is 5.69 Å². The zero-order chi connectivity index (χ0) is 12.8. The zero-order valence-electron chi connectivity index (χ0n) is 9.09. The van der Waals surface area contributed by atoms with Crippen molar-refractivity contribution in [1.82, 2.24) is 4.98 Å². The van der Waals surface area contributed by atoms with E-state index < -0.39 is 4.92 Å². The van der Waals surface area contributed by atoms with Gasteiger partial charge in [0.1, 0.15) is 11.6 Å². The zero-order valence-corrected chi connectivity index (χ0v) is 10.7. The number of alkyl halides is 1. The predicted octanol–water partition coefficient (Wildman–Crippen LogP) is 2.97. The van der Waals surface area contributed by atoms with Gasteiger partial charge in [-0.3, -0.25) is 10.1 Å². The molecule has 17 heavy (non-hydrogen) atoms. The molecule has 0 spiro atoms. The predicted molar refractivity (Wildman–Crippen MR) is 66.3 cm³/mol. The average molecular weight is 272 g/mol. The molecule has 0 saturated heterocycles. The lowest BCUT2D eigenvalue weighted by atomic mass is 10.2. The second kappa shape index (κ2) is 6.42. The summed E-state index contributed by atoms with van der Waals surface area (Å²) in [4.78, 5) is 14.3. The van der Waals surface area contributed by atoms with E-state index in [4.69, 9.17) is 16.9 Å². The first-order valence-corrected chi connectivity index (χ1v) is 6.27. The van der Waals surface area contributed by atoms with Gasteiger partial charge in [-0.2, -0.15) is 5.26 Å². The smallest absolute Gasteiger partial charge is 0.258 e. The van der Waals surface area contributed by atoms with E-state index >= 15 is 0 Å². The van der Waals surface area contributed by atoms with Gasteiger partial charge in [0.25, 0.3) is 0 Å². The normalized spacial score (nSPS) is 11.8. The minimum absolute atomic E-state index is 0.0329. The lowest BCUT2D eigenvalue weighted by molar-refractivity contribution is -0.388. The van der Waals surface area contributed by atoms with Crippen LogP contribution in [-0.2, 0) is 0 Å². The van der Waals surface area contributed by atoms with E-state index in [0.29, 0.717) is 5.88 Å². The fourth-order valence-corrected chi connectivity index (χ4v) is 2.68. The molecule has 7 heteroatoms. The summed E-state index contributed by atoms with van der Waals surface area (Å²) in [5.74, 6) is 0.486. The maximum Gasteiger partial charge on any atom is 0.318 e. The van der Waals surface area contributed by atoms with Gasteiger partial charge in [0.15, 0.2) is 5.03 Å². The van der Waals surface area contributed by atoms with E-state index in [9.17, 15) is 10.1 Å². The van der Waals surface area contributed by atoms with Crippen LogP contribution in [0.5, 0.6) is 0 Å². The van der Waals surface area contributed by atoms with Crippen molar-refractivity contribution < 1.29 is 4.92 Å². The van der Waals surface area contributed by atoms with Crippen LogP contribution in [-0.4, -0.2) is 21.0 Å². The molecular weight excluding hydrogens is 262 g/mol. The Labute approximate surface area is 108 Å². The molecule has 0 aromatic carbocycles. The molecule has 1 rings (SSSR count). The molecule has 1 heterocycles. The highest BCUT2D eigenvalue weighted by Gasteiger charge is 2.22. The largest absolute Gasteiger partial charge is 0.318 e. The van der Waals surface area contributed by atoms with Crippen molar-refractivity contribution in [3.8, 4) is 6.07 Å². The summed E-state index contributed by atoms with van der Waals surface area (Å²) in [6, 6.07) is 3.14. The van der Waals surface area contributed by atoms with Crippen molar-refractivity contribution in [1.29, 1.82) is 5.26 Å². The van der Waals surface area contributed by atoms with Gasteiger partial charge in [-0.15, -0.1) is 11.6 Å². The third-order valence-electron chi connectivity index (χ3n) is 2.02. The molecule has 0 aliphatic carbocycles. The Morgan fingerprint density at radius 3 is 3.00 bits per heavy atom. The topological polar surface area (TPSA) is 79.8 Å². The van der Waals surface area contributed by atoms with Gasteiger partial charge >= 0.3 is 5.69 Å². The van der Waals surface area contributed by atoms with Crippen LogP contribution in [0.3, 0.4) is 0 Å². The van der Waals surface area contributed by atoms with Crippen molar-refractivity contribution in [2.24, 2.45) is 0 Å². The van der Waals surface area contributed by atoms with Gasteiger partial charge in [0, 0.05) is 17.3 Å². The number of aromatic nitrogens is 1. The molecule has 0 N–H and O–H groups in total. The number of hydrogen-bond donors (Lipinski definition) is 0. The molecule has 5 nitrogen and oxygen atoms in total. The van der Waals surface area contributed by atoms with Crippen LogP contribution in [0.15, 0.2) is 17.3 Å². The van der Waals surface area contributed by atoms with Crippen LogP contribution >= 0.6 is 23.4 Å². The minimum atomic E-state index is -0.568. The second-order valence-corrected chi connectivity index (χ2v) is 5.09. The van der Waals surface area contributed by atoms with E-state index in [1.54, 1.807) is 6.07 Å². The fraction of sp³-hybridized carbons (Fsp3) is 0.400. The fourth-order valence-electron chi connectivity index (χ4n) is 1.19. The quantitative estimate of drug-likeness (QED) is 0.356. The van der Waals surface area contributed by atoms with Crippen molar-refractivity contribution >= 4 is 29.1 Å². The number of hydrogen-bond acceptors (Lipinski definition) is 5. The molecule has 0 fully saturated rings. The summed E-state index contributed by atoms with van der Waals surface area (Å²) < 4.78 is 0. The van der Waals surface area contributed by atoms with E-state index in [0.717, 1.165) is 6.42 Å². The van der Waals surface area contributed by atoms with Gasteiger partial charge < -0.3 is 0 Å². The molecule has 1 atom stereocenters. The number of pyridine rings is 1. The summed E-state index contributed by atoms with van der Waals surface area (Å²) in [7, 11) is 0. The Morgan fingerprint density at radius 1 is 1.76 bits per heavy atom. The highest BCUT2D eigenvalue weighted by molar-refractivity contribution is 8.00. The van der Waals surface area contributed by atoms with Crippen LogP contribution in [0.2, 0.25) is 0 Å². The highest BCUT2D eigenvalue weighted by Crippen LogP contribution is 2.33. The number of halogens is 1. The van der Waals surface area contributed by atoms with Gasteiger partial charge in [-0.1, -0.05) is 18.7 Å². The molecule has 0 aliphatic heterocycles. The van der Waals surface area contributed by atoms with Crippen LogP contribution in [0, 0.1) is 21.4 Å². The lowest BCUT2D eigenvalue weighted by Crippen LogP contribution is -2.02. The number of nitriles is 1. The number of thioether (sulfide) groups is 1. The molecule has 0 radical (unpaired) electrons. The highest BCUT2D eigenvalue weighted by atomic mass is 35.5. The summed E-state index contributed by atoms with van der Waals surface area (Å²) in [6.07, 6.45) is 2.13. The Hall–Kier alpha value is -1.32. The third-order valence-corrected chi connectivity index (χ3v) is 3.40. The molecule has 0 bridgehead atoms. The van der Waals surface area contributed by atoms with E-state index in [1.165, 1.54) is 24.0 Å². The van der Waals surface area contributed by atoms with E-state index in [-0.39, 0.29) is 21.5 Å². The summed E-state index contributed by atoms with van der Waals surface area (Å²) in [6.45, 7) is 1.91. The molecule has 1 aromatic rings. The van der Waals surface area contributed by atoms with Crippen LogP contribution < -0.4 is 0 Å². The Morgan fingerprint density at radius 2 is 2.47 bits per heavy atom. The van der Waals surface area contributed by atoms with E-state index in [2.05, 4.69) is 4.98 Å². The summed E-state index contributed by atoms with van der Waals surface area (Å²) >= 11 is 6.87. The number of nitro groups is 1. The first kappa shape index (κ1) is 13.7. The average Bonchev–Trinajstić information content (AvgIpc) is 2.28. The van der Waals surface area contributed by atoms with Gasteiger partial charge in [-0.05, 0) is 12.5 Å². The van der Waals surface area contributed by atoms with Gasteiger partial charge in [0.2, 0.25) is 0 Å². The van der Waals surface area contributed by atoms with Crippen LogP contribution in [0.1, 0.15) is 18.9 Å². The Balaban J connectivity index is 3.07. The molecular formula is C10H10ClN3O2S. The standard InChI is InChI=1S/C10H10ClN3O2S/c1-7(2-4-11)17-10-9(14(15)16)8(6-12)3-5-13-10/h3,5,7H,2,4H2,1H3. The molecule has 1 unspecified atom stereocenters. The lowest BCUT2D eigenvalue weighted by Gasteiger charge is -2.08. The monoisotopic (exact) mass is 271 g/mol. The first-order chi connectivity index (χ1) is 8.10. The molecule has 0 saturated carbocycles. The Kier molecular flexibility index (Phi) is 5.19. The third kappa shape index (κ3) is 3.58. The second-order valence-electron chi connectivity index (χ2n) is 3.29. The molecule has 0 amide bonds. The maximum absolute atomic E-state index is 10.9. The van der Waals surface area contributed by atoms with Crippen molar-refractivity contribution in [2.75, 3.05) is 5.88 Å². The van der Waals surface area contributed by atoms with E-state index in [1.807, 2.05) is 6.92 Å². The molecule has 0 aliphatic rings. The maximum atomic E-state index is 10.9. The Bertz CT molecular complexity index is 461. The number of nitrogens with zero attached hydrogens (tertiary/aromatic N) is 3. The molecule has 1 aromatic heterocycles. The van der Waals surface area contributed by atoms with Crippen molar-refractivity contribution in [2.45, 2.75) is 23.6 Å². The molecule has 90 valence electrons. The van der Waals surface area contributed by atoms with Gasteiger partial charge in [-0.25, -0.2) is 4.98 Å². The SMILES string of the molecule is CC(CCCl)Sc1nccc(C#N)c1[N+](=O)[O-]. The first-order valence-electron chi connectivity index (χ1n) is 4.86. The summed E-state index contributed by atoms with van der Waals surface area (Å²) in [5.41, 5.74) is -0.188. The van der Waals surface area contributed by atoms with Crippen molar-refractivity contribution in [3.63, 3.8) is 0 Å². The number of rotatable bonds is 5. The van der Waals surface area contributed by atoms with Crippen LogP contribution in [0.25, 0.3) is 0 Å². The van der Waals surface area contributed by atoms with Crippen molar-refractivity contribution in [3.05, 3.63) is 27.9 Å². The summed E-state index contributed by atoms with van der Waals surface area (Å²) in [5, 5.41) is 20.1. The minimum Gasteiger partial charge on any atom is -0.258 e.